The van der Waals surface area contributed by atoms with E-state index in [9.17, 15) is 9.90 Å². The third-order valence-electron chi connectivity index (χ3n) is 5.35. The summed E-state index contributed by atoms with van der Waals surface area (Å²) in [6.45, 7) is 2.42. The molecule has 2 aliphatic heterocycles. The maximum absolute atomic E-state index is 13.4. The minimum Gasteiger partial charge on any atom is -0.497 e. The molecular weight excluding hydrogens is 326 g/mol. The lowest BCUT2D eigenvalue weighted by Gasteiger charge is -2.36. The number of carbonyl (C=O) groups is 1. The summed E-state index contributed by atoms with van der Waals surface area (Å²) in [7, 11) is 1.61. The normalized spacial score (nSPS) is 26.6. The second-order valence-corrected chi connectivity index (χ2v) is 7.67. The van der Waals surface area contributed by atoms with Gasteiger partial charge >= 0.3 is 0 Å². The van der Waals surface area contributed by atoms with Gasteiger partial charge in [-0.2, -0.15) is 11.8 Å². The van der Waals surface area contributed by atoms with Crippen molar-refractivity contribution in [3.8, 4) is 5.75 Å². The quantitative estimate of drug-likeness (QED) is 0.905. The number of nitrogens with zero attached hydrogens (tertiary/aromatic N) is 1. The number of aliphatic hydroxyl groups is 1. The van der Waals surface area contributed by atoms with Gasteiger partial charge in [-0.3, -0.25) is 4.79 Å². The molecule has 0 bridgehead atoms. The summed E-state index contributed by atoms with van der Waals surface area (Å²) in [6.07, 6.45) is 1.05. The highest BCUT2D eigenvalue weighted by Crippen LogP contribution is 2.43. The van der Waals surface area contributed by atoms with Gasteiger partial charge < -0.3 is 19.2 Å². The molecule has 0 saturated carbocycles. The zero-order valence-electron chi connectivity index (χ0n) is 13.9. The van der Waals surface area contributed by atoms with E-state index in [1.807, 2.05) is 41.8 Å². The van der Waals surface area contributed by atoms with Crippen molar-refractivity contribution in [2.75, 3.05) is 25.2 Å². The standard InChI is InChI=1S/C18H21NO4S/c1-11-16(13-9-12(22-2)3-4-14(13)23-11)17(21)19-7-5-15(20)18(19)6-8-24-10-18/h3-4,9,15,20H,5-8,10H2,1-2H3. The molecule has 1 aromatic carbocycles. The van der Waals surface area contributed by atoms with E-state index in [0.717, 1.165) is 23.3 Å². The molecule has 1 N–H and O–H groups in total. The van der Waals surface area contributed by atoms with Crippen LogP contribution < -0.4 is 4.74 Å². The lowest BCUT2D eigenvalue weighted by Crippen LogP contribution is -2.53. The van der Waals surface area contributed by atoms with E-state index in [0.29, 0.717) is 35.6 Å². The summed E-state index contributed by atoms with van der Waals surface area (Å²) in [4.78, 5) is 15.2. The Kier molecular flexibility index (Phi) is 3.77. The number of hydrogen-bond acceptors (Lipinski definition) is 5. The number of likely N-dealkylation sites (tertiary alicyclic amines) is 1. The van der Waals surface area contributed by atoms with Crippen LogP contribution in [0.15, 0.2) is 22.6 Å². The summed E-state index contributed by atoms with van der Waals surface area (Å²) in [6, 6.07) is 5.51. The first-order valence-electron chi connectivity index (χ1n) is 8.22. The molecule has 4 rings (SSSR count). The van der Waals surface area contributed by atoms with Gasteiger partial charge in [-0.1, -0.05) is 0 Å². The molecule has 3 heterocycles. The Morgan fingerprint density at radius 2 is 2.33 bits per heavy atom. The van der Waals surface area contributed by atoms with E-state index in [1.54, 1.807) is 7.11 Å². The zero-order chi connectivity index (χ0) is 16.9. The van der Waals surface area contributed by atoms with Crippen LogP contribution in [0, 0.1) is 6.92 Å². The molecule has 1 amide bonds. The highest BCUT2D eigenvalue weighted by atomic mass is 32.2. The van der Waals surface area contributed by atoms with Gasteiger partial charge in [-0.05, 0) is 43.7 Å². The first kappa shape index (κ1) is 15.8. The number of furan rings is 1. The van der Waals surface area contributed by atoms with Crippen LogP contribution in [-0.4, -0.2) is 52.7 Å². The fourth-order valence-corrected chi connectivity index (χ4v) is 5.49. The van der Waals surface area contributed by atoms with Crippen molar-refractivity contribution >= 4 is 28.6 Å². The molecule has 0 radical (unpaired) electrons. The monoisotopic (exact) mass is 347 g/mol. The number of fused-ring (bicyclic) bond motifs is 1. The fourth-order valence-electron chi connectivity index (χ4n) is 4.00. The lowest BCUT2D eigenvalue weighted by molar-refractivity contribution is 0.0348. The first-order chi connectivity index (χ1) is 11.6. The average molecular weight is 347 g/mol. The molecule has 2 aliphatic rings. The molecule has 1 aromatic heterocycles. The van der Waals surface area contributed by atoms with Gasteiger partial charge in [0.15, 0.2) is 0 Å². The van der Waals surface area contributed by atoms with E-state index in [1.165, 1.54) is 0 Å². The molecule has 1 spiro atoms. The molecule has 24 heavy (non-hydrogen) atoms. The van der Waals surface area contributed by atoms with Crippen LogP contribution in [0.4, 0.5) is 0 Å². The van der Waals surface area contributed by atoms with Crippen LogP contribution >= 0.6 is 11.8 Å². The number of aliphatic hydroxyl groups excluding tert-OH is 1. The van der Waals surface area contributed by atoms with Crippen LogP contribution in [0.25, 0.3) is 11.0 Å². The fraction of sp³-hybridized carbons (Fsp3) is 0.500. The van der Waals surface area contributed by atoms with Crippen molar-refractivity contribution in [2.24, 2.45) is 0 Å². The minimum atomic E-state index is -0.440. The lowest BCUT2D eigenvalue weighted by atomic mass is 9.92. The molecular formula is C18H21NO4S. The Morgan fingerprint density at radius 1 is 1.50 bits per heavy atom. The number of carbonyl (C=O) groups excluding carboxylic acids is 1. The van der Waals surface area contributed by atoms with Gasteiger partial charge in [0.25, 0.3) is 5.91 Å². The van der Waals surface area contributed by atoms with E-state index < -0.39 is 11.6 Å². The molecule has 0 aliphatic carbocycles. The molecule has 128 valence electrons. The summed E-state index contributed by atoms with van der Waals surface area (Å²) < 4.78 is 11.1. The Hall–Kier alpha value is -1.66. The highest BCUT2D eigenvalue weighted by Gasteiger charge is 2.52. The maximum Gasteiger partial charge on any atom is 0.258 e. The number of ether oxygens (including phenoxy) is 1. The number of benzene rings is 1. The first-order valence-corrected chi connectivity index (χ1v) is 9.37. The van der Waals surface area contributed by atoms with Crippen molar-refractivity contribution in [2.45, 2.75) is 31.4 Å². The molecule has 2 aromatic rings. The van der Waals surface area contributed by atoms with E-state index in [4.69, 9.17) is 9.15 Å². The van der Waals surface area contributed by atoms with Crippen LogP contribution in [0.3, 0.4) is 0 Å². The third-order valence-corrected chi connectivity index (χ3v) is 6.54. The van der Waals surface area contributed by atoms with Crippen molar-refractivity contribution in [1.29, 1.82) is 0 Å². The second-order valence-electron chi connectivity index (χ2n) is 6.56. The number of amides is 1. The highest BCUT2D eigenvalue weighted by molar-refractivity contribution is 7.99. The van der Waals surface area contributed by atoms with Crippen LogP contribution in [0.2, 0.25) is 0 Å². The number of methoxy groups -OCH3 is 1. The SMILES string of the molecule is COc1ccc2oc(C)c(C(=O)N3CCC(O)C34CCSC4)c2c1. The minimum absolute atomic E-state index is 0.0430. The molecule has 2 atom stereocenters. The molecule has 5 nitrogen and oxygen atoms in total. The number of rotatable bonds is 2. The van der Waals surface area contributed by atoms with Crippen molar-refractivity contribution in [3.63, 3.8) is 0 Å². The van der Waals surface area contributed by atoms with Crippen LogP contribution in [0.5, 0.6) is 5.75 Å². The summed E-state index contributed by atoms with van der Waals surface area (Å²) in [5, 5.41) is 11.3. The smallest absolute Gasteiger partial charge is 0.258 e. The van der Waals surface area contributed by atoms with Gasteiger partial charge in [-0.25, -0.2) is 0 Å². The Balaban J connectivity index is 1.79. The zero-order valence-corrected chi connectivity index (χ0v) is 14.7. The van der Waals surface area contributed by atoms with Crippen molar-refractivity contribution < 1.29 is 19.1 Å². The molecule has 2 fully saturated rings. The van der Waals surface area contributed by atoms with E-state index in [-0.39, 0.29) is 5.91 Å². The molecule has 6 heteroatoms. The van der Waals surface area contributed by atoms with E-state index >= 15 is 0 Å². The second kappa shape index (κ2) is 5.70. The van der Waals surface area contributed by atoms with Gasteiger partial charge in [0.05, 0.1) is 24.3 Å². The largest absolute Gasteiger partial charge is 0.497 e. The average Bonchev–Trinajstić information content (AvgIpc) is 3.26. The van der Waals surface area contributed by atoms with Crippen LogP contribution in [0.1, 0.15) is 29.0 Å². The summed E-state index contributed by atoms with van der Waals surface area (Å²) >= 11 is 1.81. The summed E-state index contributed by atoms with van der Waals surface area (Å²) in [5.41, 5.74) is 0.858. The topological polar surface area (TPSA) is 62.9 Å². The predicted octanol–water partition coefficient (Wildman–Crippen LogP) is 2.83. The number of thioether (sulfide) groups is 1. The van der Waals surface area contributed by atoms with Gasteiger partial charge in [-0.15, -0.1) is 0 Å². The molecule has 2 saturated heterocycles. The maximum atomic E-state index is 13.4. The van der Waals surface area contributed by atoms with Gasteiger partial charge in [0.2, 0.25) is 0 Å². The van der Waals surface area contributed by atoms with Crippen molar-refractivity contribution in [3.05, 3.63) is 29.5 Å². The van der Waals surface area contributed by atoms with Gasteiger partial charge in [0, 0.05) is 17.7 Å². The van der Waals surface area contributed by atoms with Crippen molar-refractivity contribution in [1.82, 2.24) is 4.90 Å². The van der Waals surface area contributed by atoms with Crippen LogP contribution in [-0.2, 0) is 0 Å². The predicted molar refractivity (Wildman–Crippen MR) is 93.8 cm³/mol. The third kappa shape index (κ3) is 2.16. The number of aryl methyl sites for hydroxylation is 1. The number of hydrogen-bond donors (Lipinski definition) is 1. The summed E-state index contributed by atoms with van der Waals surface area (Å²) in [5.74, 6) is 3.06. The Labute approximate surface area is 144 Å². The van der Waals surface area contributed by atoms with E-state index in [2.05, 4.69) is 0 Å². The van der Waals surface area contributed by atoms with Gasteiger partial charge in [0.1, 0.15) is 17.1 Å². The Morgan fingerprint density at radius 3 is 3.04 bits per heavy atom. The Bertz CT molecular complexity index is 794. The molecule has 2 unspecified atom stereocenters.